The molecule has 0 saturated heterocycles. The largest absolute Gasteiger partial charge is 0.333 e. The van der Waals surface area contributed by atoms with Crippen molar-refractivity contribution >= 4 is 33.1 Å². The van der Waals surface area contributed by atoms with Crippen LogP contribution in [0.1, 0.15) is 11.1 Å². The zero-order valence-electron chi connectivity index (χ0n) is 17.7. The predicted octanol–water partition coefficient (Wildman–Crippen LogP) is 3.39. The number of anilines is 1. The van der Waals surface area contributed by atoms with Crippen LogP contribution in [0.15, 0.2) is 64.4 Å². The van der Waals surface area contributed by atoms with E-state index in [9.17, 15) is 9.59 Å². The van der Waals surface area contributed by atoms with Gasteiger partial charge in [0.25, 0.3) is 11.4 Å². The molecule has 0 spiro atoms. The number of nitrogens with zero attached hydrogens (tertiary/aromatic N) is 6. The molecule has 5 rings (SSSR count). The summed E-state index contributed by atoms with van der Waals surface area (Å²) < 4.78 is 6.68. The molecule has 0 fully saturated rings. The average molecular weight is 469 g/mol. The van der Waals surface area contributed by atoms with E-state index in [0.717, 1.165) is 5.56 Å². The fourth-order valence-corrected chi connectivity index (χ4v) is 4.49. The Morgan fingerprint density at radius 3 is 2.88 bits per heavy atom. The zero-order chi connectivity index (χ0) is 23.7. The third kappa shape index (κ3) is 3.94. The minimum atomic E-state index is -0.412. The highest BCUT2D eigenvalue weighted by atomic mass is 32.1. The Bertz CT molecular complexity index is 1630. The van der Waals surface area contributed by atoms with Gasteiger partial charge in [-0.3, -0.25) is 19.1 Å². The monoisotopic (exact) mass is 469 g/mol. The number of carbonyl (C=O) groups is 1. The Labute approximate surface area is 196 Å². The van der Waals surface area contributed by atoms with Crippen molar-refractivity contribution in [1.82, 2.24) is 24.7 Å². The third-order valence-electron chi connectivity index (χ3n) is 5.07. The van der Waals surface area contributed by atoms with E-state index in [4.69, 9.17) is 9.78 Å². The summed E-state index contributed by atoms with van der Waals surface area (Å²) in [5.41, 5.74) is 1.96. The van der Waals surface area contributed by atoms with Gasteiger partial charge in [-0.1, -0.05) is 11.2 Å². The van der Waals surface area contributed by atoms with E-state index in [2.05, 4.69) is 25.4 Å². The van der Waals surface area contributed by atoms with Gasteiger partial charge in [-0.25, -0.2) is 4.98 Å². The molecule has 0 radical (unpaired) electrons. The smallest absolute Gasteiger partial charge is 0.268 e. The number of hydrogen-bond donors (Lipinski definition) is 1. The van der Waals surface area contributed by atoms with Crippen LogP contribution in [0.3, 0.4) is 0 Å². The van der Waals surface area contributed by atoms with E-state index in [0.29, 0.717) is 37.7 Å². The van der Waals surface area contributed by atoms with Gasteiger partial charge in [0.1, 0.15) is 11.4 Å². The molecule has 0 saturated carbocycles. The van der Waals surface area contributed by atoms with Crippen molar-refractivity contribution in [2.24, 2.45) is 0 Å². The molecule has 0 bridgehead atoms. The average Bonchev–Trinajstić information content (AvgIpc) is 3.47. The molecule has 1 aromatic carbocycles. The lowest BCUT2D eigenvalue weighted by atomic mass is 10.2. The fraction of sp³-hybridized carbons (Fsp3) is 0.0870. The summed E-state index contributed by atoms with van der Waals surface area (Å²) in [7, 11) is 0. The maximum atomic E-state index is 13.1. The number of rotatable bonds is 5. The Kier molecular flexibility index (Phi) is 5.41. The van der Waals surface area contributed by atoms with Gasteiger partial charge in [-0.05, 0) is 42.8 Å². The summed E-state index contributed by atoms with van der Waals surface area (Å²) in [6, 6.07) is 12.1. The molecule has 1 N–H and O–H groups in total. The standard InChI is InChI=1S/C23H15N7O3S/c1-13-18-22(34-19(13)21-28-20(29-33-21)15-5-7-25-8-6-15)26-12-30(23(18)32)11-17(31)27-16-4-2-3-14(9-16)10-24/h2-9,12H,11H2,1H3,(H,27,31). The number of pyridine rings is 1. The number of nitriles is 1. The number of carbonyl (C=O) groups excluding carboxylic acids is 1. The topological polar surface area (TPSA) is 140 Å². The van der Waals surface area contributed by atoms with Crippen LogP contribution in [0.2, 0.25) is 0 Å². The van der Waals surface area contributed by atoms with Crippen molar-refractivity contribution in [1.29, 1.82) is 5.26 Å². The number of hydrogen-bond acceptors (Lipinski definition) is 9. The van der Waals surface area contributed by atoms with Crippen LogP contribution in [0.4, 0.5) is 5.69 Å². The van der Waals surface area contributed by atoms with E-state index in [1.54, 1.807) is 55.7 Å². The molecular weight excluding hydrogens is 454 g/mol. The second-order valence-corrected chi connectivity index (χ2v) is 8.31. The lowest BCUT2D eigenvalue weighted by molar-refractivity contribution is -0.116. The highest BCUT2D eigenvalue weighted by Crippen LogP contribution is 2.35. The molecule has 0 aliphatic carbocycles. The van der Waals surface area contributed by atoms with Crippen LogP contribution < -0.4 is 10.9 Å². The van der Waals surface area contributed by atoms with Crippen LogP contribution in [0.25, 0.3) is 32.4 Å². The highest BCUT2D eigenvalue weighted by Gasteiger charge is 2.21. The van der Waals surface area contributed by atoms with Crippen LogP contribution in [0, 0.1) is 18.3 Å². The number of aryl methyl sites for hydroxylation is 1. The van der Waals surface area contributed by atoms with E-state index >= 15 is 0 Å². The van der Waals surface area contributed by atoms with Crippen molar-refractivity contribution in [2.75, 3.05) is 5.32 Å². The van der Waals surface area contributed by atoms with Gasteiger partial charge >= 0.3 is 0 Å². The zero-order valence-corrected chi connectivity index (χ0v) is 18.5. The first kappa shape index (κ1) is 21.2. The summed E-state index contributed by atoms with van der Waals surface area (Å²) in [4.78, 5) is 39.6. The first-order valence-electron chi connectivity index (χ1n) is 10.1. The number of benzene rings is 1. The van der Waals surface area contributed by atoms with Gasteiger partial charge < -0.3 is 9.84 Å². The molecule has 4 aromatic heterocycles. The van der Waals surface area contributed by atoms with Crippen LogP contribution >= 0.6 is 11.3 Å². The van der Waals surface area contributed by atoms with Gasteiger partial charge in [-0.2, -0.15) is 10.2 Å². The number of aromatic nitrogens is 5. The Balaban J connectivity index is 1.43. The predicted molar refractivity (Wildman–Crippen MR) is 125 cm³/mol. The lowest BCUT2D eigenvalue weighted by Gasteiger charge is -2.07. The van der Waals surface area contributed by atoms with E-state index in [1.165, 1.54) is 22.2 Å². The summed E-state index contributed by atoms with van der Waals surface area (Å²) in [6.45, 7) is 1.56. The summed E-state index contributed by atoms with van der Waals surface area (Å²) in [6.07, 6.45) is 4.61. The maximum absolute atomic E-state index is 13.1. The van der Waals surface area contributed by atoms with Crippen molar-refractivity contribution < 1.29 is 9.32 Å². The van der Waals surface area contributed by atoms with E-state index in [-0.39, 0.29) is 18.0 Å². The van der Waals surface area contributed by atoms with Gasteiger partial charge in [0.05, 0.1) is 28.2 Å². The highest BCUT2D eigenvalue weighted by molar-refractivity contribution is 7.22. The first-order valence-corrected chi connectivity index (χ1v) is 10.9. The number of amides is 1. The van der Waals surface area contributed by atoms with Gasteiger partial charge in [0.2, 0.25) is 11.7 Å². The first-order chi connectivity index (χ1) is 16.5. The summed E-state index contributed by atoms with van der Waals surface area (Å²) in [5, 5.41) is 16.1. The number of fused-ring (bicyclic) bond motifs is 1. The molecule has 34 heavy (non-hydrogen) atoms. The third-order valence-corrected chi connectivity index (χ3v) is 6.25. The second kappa shape index (κ2) is 8.68. The van der Waals surface area contributed by atoms with E-state index < -0.39 is 5.91 Å². The second-order valence-electron chi connectivity index (χ2n) is 7.31. The summed E-state index contributed by atoms with van der Waals surface area (Å²) >= 11 is 1.27. The minimum Gasteiger partial charge on any atom is -0.333 e. The Morgan fingerprint density at radius 2 is 2.09 bits per heavy atom. The lowest BCUT2D eigenvalue weighted by Crippen LogP contribution is -2.27. The number of nitrogens with one attached hydrogen (secondary N) is 1. The number of thiophene rings is 1. The molecule has 4 heterocycles. The van der Waals surface area contributed by atoms with E-state index in [1.807, 2.05) is 6.07 Å². The van der Waals surface area contributed by atoms with Crippen molar-refractivity contribution in [3.8, 4) is 28.2 Å². The molecule has 1 amide bonds. The fourth-order valence-electron chi connectivity index (χ4n) is 3.43. The summed E-state index contributed by atoms with van der Waals surface area (Å²) in [5.74, 6) is 0.287. The van der Waals surface area contributed by atoms with Crippen molar-refractivity contribution in [3.63, 3.8) is 0 Å². The molecular formula is C23H15N7O3S. The minimum absolute atomic E-state index is 0.226. The Morgan fingerprint density at radius 1 is 1.26 bits per heavy atom. The Hall–Kier alpha value is -4.69. The molecule has 5 aromatic rings. The molecule has 166 valence electrons. The molecule has 0 aliphatic heterocycles. The molecule has 11 heteroatoms. The van der Waals surface area contributed by atoms with Crippen LogP contribution in [-0.4, -0.2) is 30.6 Å². The maximum Gasteiger partial charge on any atom is 0.268 e. The molecule has 10 nitrogen and oxygen atoms in total. The molecule has 0 atom stereocenters. The van der Waals surface area contributed by atoms with Gasteiger partial charge in [0.15, 0.2) is 0 Å². The molecule has 0 unspecified atom stereocenters. The molecule has 0 aliphatic rings. The normalized spacial score (nSPS) is 10.8. The van der Waals surface area contributed by atoms with Crippen molar-refractivity contribution in [2.45, 2.75) is 13.5 Å². The van der Waals surface area contributed by atoms with Crippen LogP contribution in [-0.2, 0) is 11.3 Å². The quantitative estimate of drug-likeness (QED) is 0.413. The van der Waals surface area contributed by atoms with Crippen molar-refractivity contribution in [3.05, 3.63) is 76.6 Å². The van der Waals surface area contributed by atoms with Crippen LogP contribution in [0.5, 0.6) is 0 Å². The SMILES string of the molecule is Cc1c(-c2nc(-c3ccncc3)no2)sc2ncn(CC(=O)Nc3cccc(C#N)c3)c(=O)c12. The van der Waals surface area contributed by atoms with Gasteiger partial charge in [-0.15, -0.1) is 11.3 Å². The van der Waals surface area contributed by atoms with Gasteiger partial charge in [0, 0.05) is 23.6 Å².